The van der Waals surface area contributed by atoms with Crippen LogP contribution in [0.1, 0.15) is 25.0 Å². The molecule has 0 aromatic heterocycles. The van der Waals surface area contributed by atoms with E-state index in [0.717, 1.165) is 22.3 Å². The fraction of sp³-hybridized carbons (Fsp3) is 0.259. The first kappa shape index (κ1) is 24.5. The molecule has 35 heavy (non-hydrogen) atoms. The number of hydrogen-bond acceptors (Lipinski definition) is 4. The van der Waals surface area contributed by atoms with Crippen molar-refractivity contribution in [3.8, 4) is 11.1 Å². The van der Waals surface area contributed by atoms with Crippen molar-refractivity contribution in [2.45, 2.75) is 38.3 Å². The lowest BCUT2D eigenvalue weighted by molar-refractivity contribution is -0.117. The fourth-order valence-electron chi connectivity index (χ4n) is 4.35. The first-order valence-corrected chi connectivity index (χ1v) is 13.3. The Kier molecular flexibility index (Phi) is 6.67. The molecule has 0 saturated carbocycles. The minimum Gasteiger partial charge on any atom is -0.334 e. The smallest absolute Gasteiger partial charge is 0.322 e. The van der Waals surface area contributed by atoms with Gasteiger partial charge in [-0.15, -0.1) is 0 Å². The third-order valence-electron chi connectivity index (χ3n) is 6.18. The lowest BCUT2D eigenvalue weighted by Gasteiger charge is -2.41. The molecule has 0 bridgehead atoms. The second-order valence-corrected chi connectivity index (χ2v) is 11.0. The van der Waals surface area contributed by atoms with Gasteiger partial charge in [-0.05, 0) is 54.8 Å². The Balaban J connectivity index is 1.68. The van der Waals surface area contributed by atoms with Crippen LogP contribution in [0.25, 0.3) is 11.1 Å². The maximum Gasteiger partial charge on any atom is 0.322 e. The third-order valence-corrected chi connectivity index (χ3v) is 7.31. The van der Waals surface area contributed by atoms with E-state index >= 15 is 0 Å². The summed E-state index contributed by atoms with van der Waals surface area (Å²) in [5.41, 5.74) is 5.08. The van der Waals surface area contributed by atoms with Crippen molar-refractivity contribution in [2.24, 2.45) is 0 Å². The van der Waals surface area contributed by atoms with Gasteiger partial charge >= 0.3 is 6.03 Å². The summed E-state index contributed by atoms with van der Waals surface area (Å²) in [4.78, 5) is 29.3. The summed E-state index contributed by atoms with van der Waals surface area (Å²) >= 11 is 0. The van der Waals surface area contributed by atoms with Crippen molar-refractivity contribution in [3.63, 3.8) is 0 Å². The fourth-order valence-corrected chi connectivity index (χ4v) is 4.98. The van der Waals surface area contributed by atoms with Crippen molar-refractivity contribution in [1.29, 1.82) is 0 Å². The minimum atomic E-state index is -3.30. The van der Waals surface area contributed by atoms with Crippen LogP contribution in [0.2, 0.25) is 0 Å². The Hall–Kier alpha value is -3.65. The Morgan fingerprint density at radius 3 is 2.17 bits per heavy atom. The van der Waals surface area contributed by atoms with E-state index in [0.29, 0.717) is 24.5 Å². The molecule has 3 aromatic rings. The van der Waals surface area contributed by atoms with Gasteiger partial charge in [-0.25, -0.2) is 13.2 Å². The van der Waals surface area contributed by atoms with E-state index in [-0.39, 0.29) is 22.9 Å². The lowest BCUT2D eigenvalue weighted by atomic mass is 10.0. The van der Waals surface area contributed by atoms with Crippen molar-refractivity contribution in [3.05, 3.63) is 77.9 Å². The molecule has 1 aliphatic rings. The summed E-state index contributed by atoms with van der Waals surface area (Å²) in [6.07, 6.45) is 1.17. The molecular weight excluding hydrogens is 462 g/mol. The van der Waals surface area contributed by atoms with Crippen LogP contribution < -0.4 is 15.1 Å². The average Bonchev–Trinajstić information content (AvgIpc) is 2.82. The standard InChI is InChI=1S/C27H29N3O4S/c1-18-5-7-21(8-6-18)16-28-27(32)29-17-19(2)30(20(3)31)25-14-11-23(15-26(25)29)22-9-12-24(13-10-22)35(4,33)34/h5-15,19H,16-17H2,1-4H3,(H,28,32)/t19-/m0/s1. The number of anilines is 2. The van der Waals surface area contributed by atoms with Crippen LogP contribution >= 0.6 is 0 Å². The van der Waals surface area contributed by atoms with Gasteiger partial charge in [0.1, 0.15) is 0 Å². The zero-order valence-electron chi connectivity index (χ0n) is 20.3. The normalized spacial score (nSPS) is 15.5. The maximum atomic E-state index is 13.3. The summed E-state index contributed by atoms with van der Waals surface area (Å²) in [7, 11) is -3.30. The van der Waals surface area contributed by atoms with Crippen LogP contribution in [0.4, 0.5) is 16.2 Å². The predicted molar refractivity (Wildman–Crippen MR) is 138 cm³/mol. The van der Waals surface area contributed by atoms with Crippen LogP contribution in [-0.2, 0) is 21.2 Å². The highest BCUT2D eigenvalue weighted by Gasteiger charge is 2.33. The van der Waals surface area contributed by atoms with Gasteiger partial charge < -0.3 is 10.2 Å². The minimum absolute atomic E-state index is 0.0938. The second-order valence-electron chi connectivity index (χ2n) is 8.99. The predicted octanol–water partition coefficient (Wildman–Crippen LogP) is 4.54. The van der Waals surface area contributed by atoms with Gasteiger partial charge in [-0.3, -0.25) is 9.69 Å². The second kappa shape index (κ2) is 9.54. The largest absolute Gasteiger partial charge is 0.334 e. The first-order chi connectivity index (χ1) is 16.5. The van der Waals surface area contributed by atoms with Crippen molar-refractivity contribution < 1.29 is 18.0 Å². The monoisotopic (exact) mass is 491 g/mol. The molecular formula is C27H29N3O4S. The molecule has 3 aromatic carbocycles. The van der Waals surface area contributed by atoms with E-state index in [2.05, 4.69) is 5.32 Å². The molecule has 0 unspecified atom stereocenters. The van der Waals surface area contributed by atoms with E-state index in [1.54, 1.807) is 34.1 Å². The van der Waals surface area contributed by atoms with Crippen LogP contribution in [0.5, 0.6) is 0 Å². The quantitative estimate of drug-likeness (QED) is 0.581. The molecule has 0 radical (unpaired) electrons. The lowest BCUT2D eigenvalue weighted by Crippen LogP contribution is -2.53. The number of fused-ring (bicyclic) bond motifs is 1. The molecule has 3 amide bonds. The highest BCUT2D eigenvalue weighted by Crippen LogP contribution is 2.39. The first-order valence-electron chi connectivity index (χ1n) is 11.4. The molecule has 8 heteroatoms. The van der Waals surface area contributed by atoms with Gasteiger partial charge in [-0.1, -0.05) is 48.0 Å². The molecule has 1 N–H and O–H groups in total. The molecule has 0 spiro atoms. The number of rotatable bonds is 4. The Labute approximate surface area is 206 Å². The van der Waals surface area contributed by atoms with Gasteiger partial charge in [0, 0.05) is 26.3 Å². The van der Waals surface area contributed by atoms with Crippen molar-refractivity contribution in [1.82, 2.24) is 5.32 Å². The number of urea groups is 1. The SMILES string of the molecule is CC(=O)N1c2ccc(-c3ccc(S(C)(=O)=O)cc3)cc2N(C(=O)NCc2ccc(C)cc2)C[C@@H]1C. The van der Waals surface area contributed by atoms with E-state index in [1.165, 1.54) is 13.2 Å². The van der Waals surface area contributed by atoms with E-state index in [9.17, 15) is 18.0 Å². The summed E-state index contributed by atoms with van der Waals surface area (Å²) in [6, 6.07) is 19.8. The van der Waals surface area contributed by atoms with Crippen LogP contribution in [0, 0.1) is 6.92 Å². The van der Waals surface area contributed by atoms with E-state index in [1.807, 2.05) is 56.3 Å². The van der Waals surface area contributed by atoms with Gasteiger partial charge in [-0.2, -0.15) is 0 Å². The summed E-state index contributed by atoms with van der Waals surface area (Å²) < 4.78 is 23.6. The number of nitrogens with zero attached hydrogens (tertiary/aromatic N) is 2. The molecule has 7 nitrogen and oxygen atoms in total. The molecule has 0 aliphatic carbocycles. The molecule has 1 heterocycles. The number of carbonyl (C=O) groups excluding carboxylic acids is 2. The average molecular weight is 492 g/mol. The zero-order chi connectivity index (χ0) is 25.3. The number of benzene rings is 3. The van der Waals surface area contributed by atoms with Gasteiger partial charge in [0.25, 0.3) is 0 Å². The van der Waals surface area contributed by atoms with Gasteiger partial charge in [0.15, 0.2) is 9.84 Å². The number of amides is 3. The van der Waals surface area contributed by atoms with Crippen molar-refractivity contribution in [2.75, 3.05) is 22.6 Å². The van der Waals surface area contributed by atoms with Crippen LogP contribution in [0.15, 0.2) is 71.6 Å². The summed E-state index contributed by atoms with van der Waals surface area (Å²) in [5, 5.41) is 2.99. The topological polar surface area (TPSA) is 86.8 Å². The highest BCUT2D eigenvalue weighted by molar-refractivity contribution is 7.90. The Morgan fingerprint density at radius 2 is 1.57 bits per heavy atom. The maximum absolute atomic E-state index is 13.3. The summed E-state index contributed by atoms with van der Waals surface area (Å²) in [6.45, 7) is 6.19. The molecule has 0 fully saturated rings. The Morgan fingerprint density at radius 1 is 0.943 bits per heavy atom. The molecule has 4 rings (SSSR count). The number of nitrogens with one attached hydrogen (secondary N) is 1. The van der Waals surface area contributed by atoms with Crippen LogP contribution in [-0.4, -0.2) is 39.2 Å². The molecule has 1 atom stereocenters. The molecule has 182 valence electrons. The third kappa shape index (κ3) is 5.22. The number of hydrogen-bond donors (Lipinski definition) is 1. The number of carbonyl (C=O) groups is 2. The number of aryl methyl sites for hydroxylation is 1. The van der Waals surface area contributed by atoms with Crippen LogP contribution in [0.3, 0.4) is 0 Å². The number of sulfone groups is 1. The highest BCUT2D eigenvalue weighted by atomic mass is 32.2. The zero-order valence-corrected chi connectivity index (χ0v) is 21.1. The molecule has 1 aliphatic heterocycles. The Bertz CT molecular complexity index is 1370. The van der Waals surface area contributed by atoms with E-state index in [4.69, 9.17) is 0 Å². The van der Waals surface area contributed by atoms with Crippen molar-refractivity contribution >= 4 is 33.2 Å². The van der Waals surface area contributed by atoms with E-state index < -0.39 is 9.84 Å². The van der Waals surface area contributed by atoms with Gasteiger partial charge in [0.05, 0.1) is 22.3 Å². The summed E-state index contributed by atoms with van der Waals surface area (Å²) in [5.74, 6) is -0.0938. The van der Waals surface area contributed by atoms with Gasteiger partial charge in [0.2, 0.25) is 5.91 Å². The molecule has 0 saturated heterocycles.